The second kappa shape index (κ2) is 10.3. The zero-order chi connectivity index (χ0) is 19.2. The number of benzene rings is 1. The molecule has 1 aliphatic rings. The van der Waals surface area contributed by atoms with E-state index in [9.17, 15) is 26.4 Å². The van der Waals surface area contributed by atoms with Crippen LogP contribution >= 0.6 is 12.4 Å². The number of rotatable bonds is 7. The van der Waals surface area contributed by atoms with Gasteiger partial charge < -0.3 is 10.6 Å². The van der Waals surface area contributed by atoms with Crippen LogP contribution in [0.15, 0.2) is 29.2 Å². The van der Waals surface area contributed by atoms with Crippen LogP contribution in [0, 0.1) is 5.92 Å². The highest BCUT2D eigenvalue weighted by Crippen LogP contribution is 2.19. The normalized spacial score (nSPS) is 15.8. The highest BCUT2D eigenvalue weighted by Gasteiger charge is 2.30. The Bertz CT molecular complexity index is 706. The highest BCUT2D eigenvalue weighted by molar-refractivity contribution is 7.89. The third-order valence-electron chi connectivity index (χ3n) is 4.15. The molecule has 1 fully saturated rings. The van der Waals surface area contributed by atoms with Gasteiger partial charge in [-0.2, -0.15) is 13.2 Å². The molecule has 27 heavy (non-hydrogen) atoms. The fourth-order valence-corrected chi connectivity index (χ4v) is 3.72. The number of anilines is 1. The van der Waals surface area contributed by atoms with Gasteiger partial charge in [0.25, 0.3) is 0 Å². The molecule has 154 valence electrons. The van der Waals surface area contributed by atoms with Crippen LogP contribution in [0.1, 0.15) is 25.7 Å². The van der Waals surface area contributed by atoms with Gasteiger partial charge in [-0.05, 0) is 62.5 Å². The van der Waals surface area contributed by atoms with E-state index in [2.05, 4.69) is 10.6 Å². The minimum Gasteiger partial charge on any atom is -0.326 e. The topological polar surface area (TPSA) is 87.3 Å². The lowest BCUT2D eigenvalue weighted by Crippen LogP contribution is -2.33. The van der Waals surface area contributed by atoms with Crippen molar-refractivity contribution in [3.8, 4) is 0 Å². The van der Waals surface area contributed by atoms with Crippen LogP contribution in [0.5, 0.6) is 0 Å². The minimum atomic E-state index is -4.63. The molecule has 1 aliphatic heterocycles. The van der Waals surface area contributed by atoms with Crippen LogP contribution in [0.4, 0.5) is 18.9 Å². The van der Waals surface area contributed by atoms with Crippen molar-refractivity contribution in [1.82, 2.24) is 10.0 Å². The van der Waals surface area contributed by atoms with Gasteiger partial charge in [0.2, 0.25) is 15.9 Å². The van der Waals surface area contributed by atoms with E-state index in [1.54, 1.807) is 0 Å². The van der Waals surface area contributed by atoms with E-state index in [0.717, 1.165) is 44.5 Å². The number of nitrogens with one attached hydrogen (secondary N) is 3. The average Bonchev–Trinajstić information content (AvgIpc) is 2.59. The maximum atomic E-state index is 12.1. The van der Waals surface area contributed by atoms with Gasteiger partial charge in [-0.1, -0.05) is 0 Å². The number of alkyl halides is 3. The van der Waals surface area contributed by atoms with Crippen LogP contribution in [-0.4, -0.2) is 40.1 Å². The van der Waals surface area contributed by atoms with Crippen molar-refractivity contribution in [2.75, 3.05) is 25.0 Å². The van der Waals surface area contributed by atoms with Gasteiger partial charge in [0.15, 0.2) is 0 Å². The standard InChI is InChI=1S/C16H22F3N3O3S.ClH/c17-16(18,19)11-21-26(24,25)14-4-2-13(3-5-14)22-15(23)6-1-12-7-9-20-10-8-12;/h2-5,12,20-21H,1,6-11H2,(H,22,23);1H. The summed E-state index contributed by atoms with van der Waals surface area (Å²) < 4.78 is 61.5. The molecule has 1 aromatic carbocycles. The average molecular weight is 430 g/mol. The lowest BCUT2D eigenvalue weighted by molar-refractivity contribution is -0.121. The summed E-state index contributed by atoms with van der Waals surface area (Å²) in [6.45, 7) is 0.291. The molecular weight excluding hydrogens is 407 g/mol. The molecule has 0 spiro atoms. The molecule has 1 amide bonds. The Hall–Kier alpha value is -1.36. The van der Waals surface area contributed by atoms with Gasteiger partial charge >= 0.3 is 6.18 Å². The molecule has 1 saturated heterocycles. The van der Waals surface area contributed by atoms with E-state index in [-0.39, 0.29) is 23.2 Å². The van der Waals surface area contributed by atoms with Crippen LogP contribution in [0.2, 0.25) is 0 Å². The number of carbonyl (C=O) groups is 1. The fraction of sp³-hybridized carbons (Fsp3) is 0.562. The maximum absolute atomic E-state index is 12.1. The first kappa shape index (κ1) is 23.7. The quantitative estimate of drug-likeness (QED) is 0.622. The SMILES string of the molecule is Cl.O=C(CCC1CCNCC1)Nc1ccc(S(=O)(=O)NCC(F)(F)F)cc1. The third kappa shape index (κ3) is 8.46. The Morgan fingerprint density at radius 2 is 1.74 bits per heavy atom. The first-order valence-corrected chi connectivity index (χ1v) is 9.81. The van der Waals surface area contributed by atoms with Crippen LogP contribution in [0.25, 0.3) is 0 Å². The van der Waals surface area contributed by atoms with Gasteiger partial charge in [0.05, 0.1) is 4.90 Å². The first-order chi connectivity index (χ1) is 12.2. The Balaban J connectivity index is 0.00000364. The Morgan fingerprint density at radius 3 is 2.30 bits per heavy atom. The van der Waals surface area contributed by atoms with Gasteiger partial charge in [-0.3, -0.25) is 4.79 Å². The summed E-state index contributed by atoms with van der Waals surface area (Å²) >= 11 is 0. The lowest BCUT2D eigenvalue weighted by Gasteiger charge is -2.22. The van der Waals surface area contributed by atoms with E-state index in [1.807, 2.05) is 0 Å². The smallest absolute Gasteiger partial charge is 0.326 e. The Kier molecular flexibility index (Phi) is 9.00. The highest BCUT2D eigenvalue weighted by atomic mass is 35.5. The van der Waals surface area contributed by atoms with Crippen molar-refractivity contribution in [2.24, 2.45) is 5.92 Å². The van der Waals surface area contributed by atoms with Crippen molar-refractivity contribution in [1.29, 1.82) is 0 Å². The molecule has 3 N–H and O–H groups in total. The summed E-state index contributed by atoms with van der Waals surface area (Å²) in [7, 11) is -4.25. The van der Waals surface area contributed by atoms with Crippen LogP contribution < -0.4 is 15.4 Å². The molecule has 0 unspecified atom stereocenters. The first-order valence-electron chi connectivity index (χ1n) is 8.33. The predicted molar refractivity (Wildman–Crippen MR) is 98.4 cm³/mol. The zero-order valence-corrected chi connectivity index (χ0v) is 16.1. The molecular formula is C16H23ClF3N3O3S. The van der Waals surface area contributed by atoms with Crippen LogP contribution in [0.3, 0.4) is 0 Å². The molecule has 0 aliphatic carbocycles. The number of carbonyl (C=O) groups excluding carboxylic acids is 1. The number of piperidine rings is 1. The molecule has 0 atom stereocenters. The third-order valence-corrected chi connectivity index (χ3v) is 5.57. The molecule has 11 heteroatoms. The van der Waals surface area contributed by atoms with Gasteiger partial charge in [-0.25, -0.2) is 13.1 Å². The van der Waals surface area contributed by atoms with E-state index < -0.39 is 22.7 Å². The molecule has 0 radical (unpaired) electrons. The second-order valence-corrected chi connectivity index (χ2v) is 8.01. The van der Waals surface area contributed by atoms with Crippen LogP contribution in [-0.2, 0) is 14.8 Å². The number of hydrogen-bond acceptors (Lipinski definition) is 4. The minimum absolute atomic E-state index is 0. The van der Waals surface area contributed by atoms with E-state index >= 15 is 0 Å². The Morgan fingerprint density at radius 1 is 1.15 bits per heavy atom. The van der Waals surface area contributed by atoms with E-state index in [0.29, 0.717) is 18.0 Å². The summed E-state index contributed by atoms with van der Waals surface area (Å²) in [4.78, 5) is 11.7. The maximum Gasteiger partial charge on any atom is 0.402 e. The molecule has 2 rings (SSSR count). The predicted octanol–water partition coefficient (Wildman–Crippen LogP) is 2.67. The molecule has 6 nitrogen and oxygen atoms in total. The largest absolute Gasteiger partial charge is 0.402 e. The molecule has 0 saturated carbocycles. The summed E-state index contributed by atoms with van der Waals surface area (Å²) in [6, 6.07) is 5.01. The fourth-order valence-electron chi connectivity index (χ4n) is 2.71. The van der Waals surface area contributed by atoms with Crippen molar-refractivity contribution in [3.05, 3.63) is 24.3 Å². The Labute approximate surface area is 162 Å². The lowest BCUT2D eigenvalue weighted by atomic mass is 9.93. The van der Waals surface area contributed by atoms with E-state index in [4.69, 9.17) is 0 Å². The number of halogens is 4. The van der Waals surface area contributed by atoms with Crippen molar-refractivity contribution in [3.63, 3.8) is 0 Å². The number of amides is 1. The summed E-state index contributed by atoms with van der Waals surface area (Å²) in [5.41, 5.74) is 0.398. The van der Waals surface area contributed by atoms with Crippen molar-refractivity contribution in [2.45, 2.75) is 36.8 Å². The monoisotopic (exact) mass is 429 g/mol. The van der Waals surface area contributed by atoms with Gasteiger partial charge in [-0.15, -0.1) is 12.4 Å². The van der Waals surface area contributed by atoms with Gasteiger partial charge in [0, 0.05) is 12.1 Å². The summed E-state index contributed by atoms with van der Waals surface area (Å²) in [5.74, 6) is 0.351. The molecule has 1 aromatic rings. The summed E-state index contributed by atoms with van der Waals surface area (Å²) in [5, 5.41) is 5.93. The van der Waals surface area contributed by atoms with Crippen molar-refractivity contribution < 1.29 is 26.4 Å². The van der Waals surface area contributed by atoms with Gasteiger partial charge in [0.1, 0.15) is 6.54 Å². The number of sulfonamides is 1. The van der Waals surface area contributed by atoms with Crippen molar-refractivity contribution >= 4 is 34.0 Å². The molecule has 0 aromatic heterocycles. The molecule has 1 heterocycles. The second-order valence-electron chi connectivity index (χ2n) is 6.24. The van der Waals surface area contributed by atoms with E-state index in [1.165, 1.54) is 16.9 Å². The molecule has 0 bridgehead atoms. The number of hydrogen-bond donors (Lipinski definition) is 3. The summed E-state index contributed by atoms with van der Waals surface area (Å²) in [6.07, 6.45) is -1.37. The zero-order valence-electron chi connectivity index (χ0n) is 14.5.